The van der Waals surface area contributed by atoms with Crippen LogP contribution in [0.5, 0.6) is 0 Å². The fourth-order valence-electron chi connectivity index (χ4n) is 8.29. The van der Waals surface area contributed by atoms with Crippen molar-refractivity contribution in [3.63, 3.8) is 0 Å². The highest BCUT2D eigenvalue weighted by molar-refractivity contribution is 6.05. The van der Waals surface area contributed by atoms with Crippen LogP contribution in [0.1, 0.15) is 37.7 Å². The maximum atomic E-state index is 6.05. The van der Waals surface area contributed by atoms with Crippen molar-refractivity contribution in [2.24, 2.45) is 23.2 Å². The van der Waals surface area contributed by atoms with Gasteiger partial charge in [-0.15, -0.1) is 0 Å². The lowest BCUT2D eigenvalue weighted by Crippen LogP contribution is -2.59. The van der Waals surface area contributed by atoms with Crippen LogP contribution < -0.4 is 5.32 Å². The van der Waals surface area contributed by atoms with Gasteiger partial charge in [-0.05, 0) is 96.6 Å². The van der Waals surface area contributed by atoms with Crippen LogP contribution in [0.2, 0.25) is 0 Å². The largest absolute Gasteiger partial charge is 0.456 e. The molecule has 2 heteroatoms. The third-order valence-electron chi connectivity index (χ3n) is 9.50. The molecule has 0 amide bonds. The quantitative estimate of drug-likeness (QED) is 0.393. The zero-order valence-corrected chi connectivity index (χ0v) is 17.0. The summed E-state index contributed by atoms with van der Waals surface area (Å²) in [6.45, 7) is 0. The molecule has 2 atom stereocenters. The molecule has 0 unspecified atom stereocenters. The number of anilines is 2. The summed E-state index contributed by atoms with van der Waals surface area (Å²) in [4.78, 5) is 0. The Labute approximate surface area is 176 Å². The Hall–Kier alpha value is -2.74. The minimum atomic E-state index is 0.492. The molecule has 2 nitrogen and oxygen atoms in total. The first-order valence-corrected chi connectivity index (χ1v) is 11.5. The summed E-state index contributed by atoms with van der Waals surface area (Å²) in [5, 5.41) is 5.94. The van der Waals surface area contributed by atoms with Crippen molar-refractivity contribution in [3.8, 4) is 0 Å². The van der Waals surface area contributed by atoms with Gasteiger partial charge in [-0.25, -0.2) is 0 Å². The summed E-state index contributed by atoms with van der Waals surface area (Å²) < 4.78 is 6.05. The standard InChI is InChI=1S/C28H25NO/c1-2-4-25-23(3-1)24-10-9-22(13-26(24)30-25)29-21-7-5-17(6-8-21)27-14-19-11-18-12-20(15-27)28(18,19)16-27/h1-10,13,18-20,29H,11-12,14-16H2/t18?,19-,20-,27?,28?/m0/s1. The fourth-order valence-corrected chi connectivity index (χ4v) is 8.29. The van der Waals surface area contributed by atoms with Crippen molar-refractivity contribution in [1.29, 1.82) is 0 Å². The molecule has 4 aromatic rings. The molecule has 8 rings (SSSR count). The van der Waals surface area contributed by atoms with E-state index < -0.39 is 0 Å². The van der Waals surface area contributed by atoms with Crippen molar-refractivity contribution in [2.75, 3.05) is 5.32 Å². The van der Waals surface area contributed by atoms with Crippen molar-refractivity contribution in [1.82, 2.24) is 0 Å². The van der Waals surface area contributed by atoms with Crippen molar-refractivity contribution in [2.45, 2.75) is 37.5 Å². The van der Waals surface area contributed by atoms with Crippen LogP contribution in [-0.4, -0.2) is 0 Å². The molecular formula is C28H25NO. The minimum absolute atomic E-state index is 0.492. The van der Waals surface area contributed by atoms with E-state index in [4.69, 9.17) is 4.42 Å². The van der Waals surface area contributed by atoms with Gasteiger partial charge in [0.2, 0.25) is 0 Å². The first-order chi connectivity index (χ1) is 14.7. The van der Waals surface area contributed by atoms with Crippen molar-refractivity contribution in [3.05, 3.63) is 72.3 Å². The predicted octanol–water partition coefficient (Wildman–Crippen LogP) is 7.41. The Bertz CT molecular complexity index is 1310. The number of fused-ring (bicyclic) bond motifs is 4. The van der Waals surface area contributed by atoms with Gasteiger partial charge in [-0.3, -0.25) is 0 Å². The topological polar surface area (TPSA) is 25.2 Å². The van der Waals surface area contributed by atoms with Crippen molar-refractivity contribution < 1.29 is 4.42 Å². The van der Waals surface area contributed by atoms with Crippen LogP contribution in [0.15, 0.2) is 71.1 Å². The zero-order chi connectivity index (χ0) is 19.5. The summed E-state index contributed by atoms with van der Waals surface area (Å²) >= 11 is 0. The van der Waals surface area contributed by atoms with E-state index in [9.17, 15) is 0 Å². The monoisotopic (exact) mass is 391 g/mol. The first kappa shape index (κ1) is 16.0. The van der Waals surface area contributed by atoms with E-state index in [1.807, 2.05) is 12.1 Å². The lowest BCUT2D eigenvalue weighted by molar-refractivity contribution is -0.175. The molecule has 0 saturated heterocycles. The molecule has 4 aliphatic carbocycles. The summed E-state index contributed by atoms with van der Waals surface area (Å²) in [6.07, 6.45) is 7.45. The summed E-state index contributed by atoms with van der Waals surface area (Å²) in [5.41, 5.74) is 7.00. The lowest BCUT2D eigenvalue weighted by atomic mass is 9.38. The van der Waals surface area contributed by atoms with Gasteiger partial charge in [0.25, 0.3) is 0 Å². The second kappa shape index (κ2) is 5.11. The predicted molar refractivity (Wildman–Crippen MR) is 121 cm³/mol. The molecule has 1 heterocycles. The van der Waals surface area contributed by atoms with Gasteiger partial charge in [0, 0.05) is 28.2 Å². The Morgan fingerprint density at radius 1 is 0.733 bits per heavy atom. The van der Waals surface area contributed by atoms with Gasteiger partial charge in [0.1, 0.15) is 11.2 Å². The normalized spacial score (nSPS) is 35.3. The third kappa shape index (κ3) is 1.79. The van der Waals surface area contributed by atoms with Crippen LogP contribution in [0, 0.1) is 23.2 Å². The highest BCUT2D eigenvalue weighted by Gasteiger charge is 2.77. The van der Waals surface area contributed by atoms with Gasteiger partial charge >= 0.3 is 0 Å². The van der Waals surface area contributed by atoms with E-state index in [0.29, 0.717) is 5.41 Å². The van der Waals surface area contributed by atoms with Crippen LogP contribution in [0.3, 0.4) is 0 Å². The zero-order valence-electron chi connectivity index (χ0n) is 17.0. The molecule has 30 heavy (non-hydrogen) atoms. The van der Waals surface area contributed by atoms with Crippen LogP contribution >= 0.6 is 0 Å². The van der Waals surface area contributed by atoms with Gasteiger partial charge in [-0.2, -0.15) is 0 Å². The average Bonchev–Trinajstić information content (AvgIpc) is 3.37. The van der Waals surface area contributed by atoms with E-state index in [-0.39, 0.29) is 0 Å². The van der Waals surface area contributed by atoms with E-state index >= 15 is 0 Å². The first-order valence-electron chi connectivity index (χ1n) is 11.5. The number of furan rings is 1. The number of benzene rings is 3. The van der Waals surface area contributed by atoms with Gasteiger partial charge < -0.3 is 9.73 Å². The molecule has 4 fully saturated rings. The van der Waals surface area contributed by atoms with Gasteiger partial charge in [0.15, 0.2) is 0 Å². The minimum Gasteiger partial charge on any atom is -0.456 e. The number of hydrogen-bond acceptors (Lipinski definition) is 2. The van der Waals surface area contributed by atoms with Crippen LogP contribution in [0.25, 0.3) is 21.9 Å². The number of rotatable bonds is 3. The SMILES string of the molecule is c1ccc2c(c1)oc1cc(Nc3ccc(C45C[C@@H]6CC7C[C@@H](C4)C76C5)cc3)ccc12. The molecule has 1 N–H and O–H groups in total. The third-order valence-corrected chi connectivity index (χ3v) is 9.50. The maximum Gasteiger partial charge on any atom is 0.137 e. The highest BCUT2D eigenvalue weighted by Crippen LogP contribution is 2.84. The highest BCUT2D eigenvalue weighted by atomic mass is 16.3. The summed E-state index contributed by atoms with van der Waals surface area (Å²) in [6, 6.07) is 24.0. The van der Waals surface area contributed by atoms with E-state index in [1.165, 1.54) is 42.9 Å². The second-order valence-corrected chi connectivity index (χ2v) is 10.6. The number of para-hydroxylation sites is 1. The maximum absolute atomic E-state index is 6.05. The molecule has 3 aromatic carbocycles. The van der Waals surface area contributed by atoms with Crippen molar-refractivity contribution >= 4 is 33.3 Å². The summed E-state index contributed by atoms with van der Waals surface area (Å²) in [5.74, 6) is 3.18. The molecule has 2 bridgehead atoms. The Morgan fingerprint density at radius 2 is 1.47 bits per heavy atom. The summed E-state index contributed by atoms with van der Waals surface area (Å²) in [7, 11) is 0. The Kier molecular flexibility index (Phi) is 2.73. The smallest absolute Gasteiger partial charge is 0.137 e. The molecule has 148 valence electrons. The van der Waals surface area contributed by atoms with Gasteiger partial charge in [0.05, 0.1) is 0 Å². The molecular weight excluding hydrogens is 366 g/mol. The second-order valence-electron chi connectivity index (χ2n) is 10.6. The van der Waals surface area contributed by atoms with E-state index in [2.05, 4.69) is 59.9 Å². The molecule has 1 spiro atoms. The fraction of sp³-hybridized carbons (Fsp3) is 0.357. The Balaban J connectivity index is 1.09. The number of hydrogen-bond donors (Lipinski definition) is 1. The lowest BCUT2D eigenvalue weighted by Gasteiger charge is -2.66. The van der Waals surface area contributed by atoms with Crippen LogP contribution in [-0.2, 0) is 5.41 Å². The van der Waals surface area contributed by atoms with E-state index in [1.54, 1.807) is 5.56 Å². The molecule has 0 aliphatic heterocycles. The average molecular weight is 392 g/mol. The van der Waals surface area contributed by atoms with Gasteiger partial charge in [-0.1, -0.05) is 30.3 Å². The molecule has 4 aliphatic rings. The van der Waals surface area contributed by atoms with Crippen LogP contribution in [0.4, 0.5) is 11.4 Å². The molecule has 1 aromatic heterocycles. The number of nitrogens with one attached hydrogen (secondary N) is 1. The van der Waals surface area contributed by atoms with E-state index in [0.717, 1.165) is 45.7 Å². The molecule has 0 radical (unpaired) electrons. The Morgan fingerprint density at radius 3 is 2.23 bits per heavy atom. The molecule has 4 saturated carbocycles.